The molecule has 20 heavy (non-hydrogen) atoms. The van der Waals surface area contributed by atoms with E-state index in [-0.39, 0.29) is 16.2 Å². The number of hydrogen-bond acceptors (Lipinski definition) is 1. The molecule has 0 saturated carbocycles. The third kappa shape index (κ3) is 3.18. The Kier molecular flexibility index (Phi) is 4.42. The number of aliphatic carboxylic acids is 1. The van der Waals surface area contributed by atoms with Crippen LogP contribution in [0.1, 0.15) is 11.1 Å². The van der Waals surface area contributed by atoms with Crippen molar-refractivity contribution >= 4 is 40.8 Å². The fourth-order valence-corrected chi connectivity index (χ4v) is 2.03. The van der Waals surface area contributed by atoms with Gasteiger partial charge in [0.2, 0.25) is 0 Å². The summed E-state index contributed by atoms with van der Waals surface area (Å²) < 4.78 is 13.7. The van der Waals surface area contributed by atoms with Crippen LogP contribution in [0.3, 0.4) is 0 Å². The maximum absolute atomic E-state index is 13.7. The molecule has 0 aliphatic heterocycles. The van der Waals surface area contributed by atoms with Crippen LogP contribution in [0.15, 0.2) is 42.5 Å². The fraction of sp³-hybridized carbons (Fsp3) is 0. The van der Waals surface area contributed by atoms with Gasteiger partial charge in [0.15, 0.2) is 0 Å². The number of carboxylic acids is 1. The van der Waals surface area contributed by atoms with Gasteiger partial charge in [-0.3, -0.25) is 0 Å². The predicted molar refractivity (Wildman–Crippen MR) is 78.4 cm³/mol. The third-order valence-electron chi connectivity index (χ3n) is 2.67. The topological polar surface area (TPSA) is 37.3 Å². The van der Waals surface area contributed by atoms with E-state index in [9.17, 15) is 14.3 Å². The first-order valence-corrected chi connectivity index (χ1v) is 6.39. The zero-order valence-corrected chi connectivity index (χ0v) is 11.6. The summed E-state index contributed by atoms with van der Waals surface area (Å²) in [5.41, 5.74) is 0.399. The Morgan fingerprint density at radius 3 is 2.30 bits per heavy atom. The van der Waals surface area contributed by atoms with Gasteiger partial charge < -0.3 is 5.11 Å². The minimum absolute atomic E-state index is 0.0431. The lowest BCUT2D eigenvalue weighted by molar-refractivity contribution is -0.130. The number of hydrogen-bond donors (Lipinski definition) is 1. The molecule has 0 aliphatic rings. The number of carboxylic acid groups (broad SMARTS) is 1. The summed E-state index contributed by atoms with van der Waals surface area (Å²) in [4.78, 5) is 11.3. The van der Waals surface area contributed by atoms with Crippen LogP contribution in [0.2, 0.25) is 10.0 Å². The molecular weight excluding hydrogens is 302 g/mol. The van der Waals surface area contributed by atoms with E-state index in [1.807, 2.05) is 0 Å². The summed E-state index contributed by atoms with van der Waals surface area (Å²) in [6.07, 6.45) is 1.21. The van der Waals surface area contributed by atoms with Crippen LogP contribution in [-0.2, 0) is 4.79 Å². The van der Waals surface area contributed by atoms with Gasteiger partial charge in [0.05, 0.1) is 10.6 Å². The summed E-state index contributed by atoms with van der Waals surface area (Å²) in [5.74, 6) is -1.75. The summed E-state index contributed by atoms with van der Waals surface area (Å²) in [5, 5.41) is 9.91. The standard InChI is InChI=1S/C15H9Cl2FO2/c16-10-6-4-9(5-7-10)11(15(19)20)8-12-13(17)2-1-3-14(12)18/h1-8H,(H,19,20)/b11-8-. The SMILES string of the molecule is O=C(O)/C(=C\c1c(F)cccc1Cl)c1ccc(Cl)cc1. The third-order valence-corrected chi connectivity index (χ3v) is 3.26. The molecule has 2 aromatic rings. The van der Waals surface area contributed by atoms with Crippen molar-refractivity contribution in [3.05, 3.63) is 69.5 Å². The van der Waals surface area contributed by atoms with Crippen LogP contribution < -0.4 is 0 Å². The zero-order valence-electron chi connectivity index (χ0n) is 10.1. The molecule has 0 radical (unpaired) electrons. The monoisotopic (exact) mass is 310 g/mol. The number of benzene rings is 2. The molecule has 0 unspecified atom stereocenters. The van der Waals surface area contributed by atoms with Crippen LogP contribution in [0.4, 0.5) is 4.39 Å². The first-order valence-electron chi connectivity index (χ1n) is 5.64. The van der Waals surface area contributed by atoms with E-state index in [2.05, 4.69) is 0 Å². The quantitative estimate of drug-likeness (QED) is 0.655. The van der Waals surface area contributed by atoms with Crippen LogP contribution in [0.25, 0.3) is 11.6 Å². The van der Waals surface area contributed by atoms with Crippen molar-refractivity contribution in [1.29, 1.82) is 0 Å². The van der Waals surface area contributed by atoms with Crippen LogP contribution in [0, 0.1) is 5.82 Å². The van der Waals surface area contributed by atoms with Gasteiger partial charge in [0, 0.05) is 10.6 Å². The Morgan fingerprint density at radius 2 is 1.75 bits per heavy atom. The summed E-state index contributed by atoms with van der Waals surface area (Å²) in [7, 11) is 0. The van der Waals surface area contributed by atoms with E-state index in [0.717, 1.165) is 0 Å². The van der Waals surface area contributed by atoms with Crippen molar-refractivity contribution in [3.8, 4) is 0 Å². The van der Waals surface area contributed by atoms with Crippen LogP contribution in [-0.4, -0.2) is 11.1 Å². The van der Waals surface area contributed by atoms with Gasteiger partial charge in [-0.05, 0) is 35.9 Å². The predicted octanol–water partition coefficient (Wildman–Crippen LogP) is 4.76. The van der Waals surface area contributed by atoms with Crippen molar-refractivity contribution in [3.63, 3.8) is 0 Å². The normalized spacial score (nSPS) is 11.4. The molecule has 0 heterocycles. The second-order valence-corrected chi connectivity index (χ2v) is 4.85. The highest BCUT2D eigenvalue weighted by molar-refractivity contribution is 6.33. The Hall–Kier alpha value is -1.84. The Labute approximate surface area is 125 Å². The van der Waals surface area contributed by atoms with Gasteiger partial charge in [0.25, 0.3) is 0 Å². The molecule has 0 atom stereocenters. The highest BCUT2D eigenvalue weighted by Crippen LogP contribution is 2.26. The molecule has 2 rings (SSSR count). The van der Waals surface area contributed by atoms with Gasteiger partial charge in [0.1, 0.15) is 5.82 Å². The summed E-state index contributed by atoms with van der Waals surface area (Å²) in [6, 6.07) is 10.4. The van der Waals surface area contributed by atoms with Crippen molar-refractivity contribution in [2.75, 3.05) is 0 Å². The second-order valence-electron chi connectivity index (χ2n) is 4.01. The van der Waals surface area contributed by atoms with E-state index in [1.54, 1.807) is 24.3 Å². The Bertz CT molecular complexity index is 659. The minimum atomic E-state index is -1.17. The highest BCUT2D eigenvalue weighted by atomic mass is 35.5. The van der Waals surface area contributed by atoms with Crippen LogP contribution in [0.5, 0.6) is 0 Å². The molecule has 1 N–H and O–H groups in total. The maximum Gasteiger partial charge on any atom is 0.336 e. The molecule has 0 saturated heterocycles. The van der Waals surface area contributed by atoms with Gasteiger partial charge in [-0.25, -0.2) is 9.18 Å². The molecule has 0 aliphatic carbocycles. The average Bonchev–Trinajstić information content (AvgIpc) is 2.39. The number of halogens is 3. The van der Waals surface area contributed by atoms with Crippen molar-refractivity contribution in [2.24, 2.45) is 0 Å². The molecule has 5 heteroatoms. The van der Waals surface area contributed by atoms with Gasteiger partial charge in [-0.2, -0.15) is 0 Å². The molecule has 2 aromatic carbocycles. The maximum atomic E-state index is 13.7. The van der Waals surface area contributed by atoms with Gasteiger partial charge >= 0.3 is 5.97 Å². The first kappa shape index (κ1) is 14.6. The lowest BCUT2D eigenvalue weighted by atomic mass is 10.0. The van der Waals surface area contributed by atoms with E-state index in [1.165, 1.54) is 24.3 Å². The lowest BCUT2D eigenvalue weighted by Crippen LogP contribution is -2.00. The summed E-state index contributed by atoms with van der Waals surface area (Å²) in [6.45, 7) is 0. The average molecular weight is 311 g/mol. The molecule has 0 amide bonds. The lowest BCUT2D eigenvalue weighted by Gasteiger charge is -2.05. The van der Waals surface area contributed by atoms with E-state index in [4.69, 9.17) is 23.2 Å². The Morgan fingerprint density at radius 1 is 1.10 bits per heavy atom. The molecular formula is C15H9Cl2FO2. The van der Waals surface area contributed by atoms with Crippen molar-refractivity contribution < 1.29 is 14.3 Å². The van der Waals surface area contributed by atoms with Gasteiger partial charge in [-0.1, -0.05) is 41.4 Å². The van der Waals surface area contributed by atoms with Gasteiger partial charge in [-0.15, -0.1) is 0 Å². The molecule has 0 aromatic heterocycles. The summed E-state index contributed by atoms with van der Waals surface area (Å²) >= 11 is 11.7. The van der Waals surface area contributed by atoms with Crippen molar-refractivity contribution in [2.45, 2.75) is 0 Å². The second kappa shape index (κ2) is 6.07. The molecule has 2 nitrogen and oxygen atoms in total. The zero-order chi connectivity index (χ0) is 14.7. The van der Waals surface area contributed by atoms with Crippen LogP contribution >= 0.6 is 23.2 Å². The first-order chi connectivity index (χ1) is 9.49. The number of carbonyl (C=O) groups is 1. The Balaban J connectivity index is 2.56. The van der Waals surface area contributed by atoms with E-state index >= 15 is 0 Å². The highest BCUT2D eigenvalue weighted by Gasteiger charge is 2.13. The minimum Gasteiger partial charge on any atom is -0.478 e. The number of rotatable bonds is 3. The van der Waals surface area contributed by atoms with E-state index in [0.29, 0.717) is 10.6 Å². The smallest absolute Gasteiger partial charge is 0.336 e. The van der Waals surface area contributed by atoms with E-state index < -0.39 is 11.8 Å². The fourth-order valence-electron chi connectivity index (χ4n) is 1.69. The molecule has 102 valence electrons. The molecule has 0 fully saturated rings. The van der Waals surface area contributed by atoms with Crippen molar-refractivity contribution in [1.82, 2.24) is 0 Å². The molecule has 0 bridgehead atoms. The molecule has 0 spiro atoms. The largest absolute Gasteiger partial charge is 0.478 e.